The van der Waals surface area contributed by atoms with E-state index >= 15 is 0 Å². The van der Waals surface area contributed by atoms with Crippen LogP contribution in [0.15, 0.2) is 0 Å². The topological polar surface area (TPSA) is 3.24 Å². The zero-order valence-corrected chi connectivity index (χ0v) is 9.27. The van der Waals surface area contributed by atoms with Crippen LogP contribution in [0.2, 0.25) is 0 Å². The fourth-order valence-corrected chi connectivity index (χ4v) is 2.11. The minimum atomic E-state index is -2.20. The summed E-state index contributed by atoms with van der Waals surface area (Å²) >= 11 is 3.28. The van der Waals surface area contributed by atoms with Gasteiger partial charge in [0.05, 0.1) is 6.54 Å². The van der Waals surface area contributed by atoms with Crippen molar-refractivity contribution in [3.8, 4) is 0 Å². The summed E-state index contributed by atoms with van der Waals surface area (Å²) in [5.41, 5.74) is 0. The zero-order valence-electron chi connectivity index (χ0n) is 7.69. The predicted octanol–water partition coefficient (Wildman–Crippen LogP) is 2.75. The van der Waals surface area contributed by atoms with Gasteiger partial charge in [0.25, 0.3) is 6.43 Å². The van der Waals surface area contributed by atoms with E-state index in [0.29, 0.717) is 5.92 Å². The molecule has 0 bridgehead atoms. The first-order chi connectivity index (χ1) is 6.22. The SMILES string of the molecule is FC(F)CN(CCBr)CC1CCC1. The summed E-state index contributed by atoms with van der Waals surface area (Å²) in [5, 5.41) is 0.784. The maximum atomic E-state index is 12.1. The van der Waals surface area contributed by atoms with Crippen molar-refractivity contribution in [2.45, 2.75) is 25.7 Å². The summed E-state index contributed by atoms with van der Waals surface area (Å²) in [6.07, 6.45) is 1.53. The largest absolute Gasteiger partial charge is 0.297 e. The highest BCUT2D eigenvalue weighted by molar-refractivity contribution is 9.09. The van der Waals surface area contributed by atoms with Crippen molar-refractivity contribution in [3.05, 3.63) is 0 Å². The Morgan fingerprint density at radius 2 is 2.08 bits per heavy atom. The molecule has 4 heteroatoms. The summed E-state index contributed by atoms with van der Waals surface area (Å²) < 4.78 is 24.2. The molecule has 0 N–H and O–H groups in total. The Balaban J connectivity index is 2.19. The van der Waals surface area contributed by atoms with Crippen molar-refractivity contribution >= 4 is 15.9 Å². The van der Waals surface area contributed by atoms with Crippen LogP contribution in [0.3, 0.4) is 0 Å². The van der Waals surface area contributed by atoms with Crippen LogP contribution in [-0.4, -0.2) is 36.3 Å². The lowest BCUT2D eigenvalue weighted by molar-refractivity contribution is 0.0744. The number of hydrogen-bond acceptors (Lipinski definition) is 1. The molecule has 0 aromatic heterocycles. The van der Waals surface area contributed by atoms with E-state index in [-0.39, 0.29) is 6.54 Å². The Bertz CT molecular complexity index is 140. The van der Waals surface area contributed by atoms with Crippen LogP contribution in [0.5, 0.6) is 0 Å². The highest BCUT2D eigenvalue weighted by Crippen LogP contribution is 2.27. The molecule has 0 spiro atoms. The Hall–Kier alpha value is 0.300. The van der Waals surface area contributed by atoms with Crippen LogP contribution < -0.4 is 0 Å². The molecule has 78 valence electrons. The van der Waals surface area contributed by atoms with E-state index in [1.807, 2.05) is 4.90 Å². The first-order valence-electron chi connectivity index (χ1n) is 4.79. The van der Waals surface area contributed by atoms with Gasteiger partial charge in [0, 0.05) is 18.4 Å². The molecule has 1 rings (SSSR count). The van der Waals surface area contributed by atoms with Gasteiger partial charge in [0.15, 0.2) is 0 Å². The molecule has 1 aliphatic carbocycles. The van der Waals surface area contributed by atoms with E-state index in [1.165, 1.54) is 19.3 Å². The molecule has 0 atom stereocenters. The average Bonchev–Trinajstić information content (AvgIpc) is 1.96. The Morgan fingerprint density at radius 3 is 2.46 bits per heavy atom. The minimum absolute atomic E-state index is 0.0674. The van der Waals surface area contributed by atoms with Crippen molar-refractivity contribution in [2.75, 3.05) is 25.0 Å². The molecule has 13 heavy (non-hydrogen) atoms. The molecule has 0 heterocycles. The second-order valence-electron chi connectivity index (χ2n) is 3.64. The molecule has 1 nitrogen and oxygen atoms in total. The molecule has 0 aromatic carbocycles. The van der Waals surface area contributed by atoms with Crippen molar-refractivity contribution in [3.63, 3.8) is 0 Å². The van der Waals surface area contributed by atoms with E-state index in [2.05, 4.69) is 15.9 Å². The first-order valence-corrected chi connectivity index (χ1v) is 5.91. The van der Waals surface area contributed by atoms with Crippen molar-refractivity contribution in [2.24, 2.45) is 5.92 Å². The normalized spacial score (nSPS) is 18.2. The monoisotopic (exact) mass is 255 g/mol. The van der Waals surface area contributed by atoms with Crippen LogP contribution in [-0.2, 0) is 0 Å². The van der Waals surface area contributed by atoms with Gasteiger partial charge in [-0.1, -0.05) is 22.4 Å². The maximum absolute atomic E-state index is 12.1. The Labute approximate surface area is 86.6 Å². The second kappa shape index (κ2) is 5.91. The Morgan fingerprint density at radius 1 is 1.38 bits per heavy atom. The third-order valence-electron chi connectivity index (χ3n) is 2.54. The molecule has 0 radical (unpaired) electrons. The van der Waals surface area contributed by atoms with Gasteiger partial charge in [0.2, 0.25) is 0 Å². The number of alkyl halides is 3. The number of hydrogen-bond donors (Lipinski definition) is 0. The fourth-order valence-electron chi connectivity index (χ4n) is 1.61. The Kier molecular flexibility index (Phi) is 5.17. The molecule has 0 amide bonds. The molecule has 0 saturated heterocycles. The lowest BCUT2D eigenvalue weighted by Crippen LogP contribution is -2.37. The molecule has 0 unspecified atom stereocenters. The minimum Gasteiger partial charge on any atom is -0.297 e. The maximum Gasteiger partial charge on any atom is 0.251 e. The molecular weight excluding hydrogens is 240 g/mol. The van der Waals surface area contributed by atoms with Crippen LogP contribution in [0.25, 0.3) is 0 Å². The molecule has 1 saturated carbocycles. The van der Waals surface area contributed by atoms with Gasteiger partial charge in [-0.05, 0) is 18.8 Å². The van der Waals surface area contributed by atoms with E-state index in [9.17, 15) is 8.78 Å². The summed E-state index contributed by atoms with van der Waals surface area (Å²) in [4.78, 5) is 1.86. The van der Waals surface area contributed by atoms with Gasteiger partial charge in [-0.15, -0.1) is 0 Å². The smallest absolute Gasteiger partial charge is 0.251 e. The van der Waals surface area contributed by atoms with Crippen LogP contribution in [0, 0.1) is 5.92 Å². The molecule has 1 fully saturated rings. The quantitative estimate of drug-likeness (QED) is 0.660. The highest BCUT2D eigenvalue weighted by Gasteiger charge is 2.21. The van der Waals surface area contributed by atoms with Gasteiger partial charge < -0.3 is 0 Å². The van der Waals surface area contributed by atoms with Crippen LogP contribution in [0.1, 0.15) is 19.3 Å². The summed E-state index contributed by atoms with van der Waals surface area (Å²) in [6, 6.07) is 0. The third-order valence-corrected chi connectivity index (χ3v) is 2.89. The van der Waals surface area contributed by atoms with Crippen LogP contribution >= 0.6 is 15.9 Å². The van der Waals surface area contributed by atoms with Gasteiger partial charge in [-0.2, -0.15) is 0 Å². The van der Waals surface area contributed by atoms with Crippen molar-refractivity contribution in [1.82, 2.24) is 4.90 Å². The molecule has 0 aromatic rings. The lowest BCUT2D eigenvalue weighted by Gasteiger charge is -2.31. The van der Waals surface area contributed by atoms with Gasteiger partial charge in [-0.3, -0.25) is 4.90 Å². The van der Waals surface area contributed by atoms with E-state index in [4.69, 9.17) is 0 Å². The van der Waals surface area contributed by atoms with E-state index in [0.717, 1.165) is 18.4 Å². The van der Waals surface area contributed by atoms with Gasteiger partial charge in [-0.25, -0.2) is 8.78 Å². The van der Waals surface area contributed by atoms with E-state index < -0.39 is 6.43 Å². The van der Waals surface area contributed by atoms with E-state index in [1.54, 1.807) is 0 Å². The molecule has 0 aliphatic heterocycles. The van der Waals surface area contributed by atoms with Crippen LogP contribution in [0.4, 0.5) is 8.78 Å². The first kappa shape index (κ1) is 11.4. The summed E-state index contributed by atoms with van der Waals surface area (Å²) in [7, 11) is 0. The molecule has 1 aliphatic rings. The molecular formula is C9H16BrF2N. The predicted molar refractivity (Wildman–Crippen MR) is 53.6 cm³/mol. The van der Waals surface area contributed by atoms with Crippen molar-refractivity contribution < 1.29 is 8.78 Å². The number of halogens is 3. The lowest BCUT2D eigenvalue weighted by atomic mass is 9.85. The standard InChI is InChI=1S/C9H16BrF2N/c10-4-5-13(7-9(11)12)6-8-2-1-3-8/h8-9H,1-7H2. The average molecular weight is 256 g/mol. The second-order valence-corrected chi connectivity index (χ2v) is 4.43. The van der Waals surface area contributed by atoms with Gasteiger partial charge >= 0.3 is 0 Å². The number of rotatable bonds is 6. The highest BCUT2D eigenvalue weighted by atomic mass is 79.9. The van der Waals surface area contributed by atoms with Gasteiger partial charge in [0.1, 0.15) is 0 Å². The summed E-state index contributed by atoms with van der Waals surface area (Å²) in [6.45, 7) is 1.53. The third kappa shape index (κ3) is 4.36. The zero-order chi connectivity index (χ0) is 9.68. The number of nitrogens with zero attached hydrogens (tertiary/aromatic N) is 1. The summed E-state index contributed by atoms with van der Waals surface area (Å²) in [5.74, 6) is 0.679. The van der Waals surface area contributed by atoms with Crippen molar-refractivity contribution in [1.29, 1.82) is 0 Å². The fraction of sp³-hybridized carbons (Fsp3) is 1.00.